The molecule has 2 N–H and O–H groups in total. The number of fused-ring (bicyclic) bond motifs is 3. The molecule has 48 heavy (non-hydrogen) atoms. The summed E-state index contributed by atoms with van der Waals surface area (Å²) in [5.74, 6) is 1.79. The highest BCUT2D eigenvalue weighted by Crippen LogP contribution is 2.70. The Balaban J connectivity index is 1.21. The fourth-order valence-electron chi connectivity index (χ4n) is 7.12. The van der Waals surface area contributed by atoms with E-state index in [1.807, 2.05) is 24.3 Å². The van der Waals surface area contributed by atoms with Crippen LogP contribution in [0.15, 0.2) is 143 Å². The summed E-state index contributed by atoms with van der Waals surface area (Å²) in [6.45, 7) is 2.29. The molecule has 0 fully saturated rings. The third-order valence-corrected chi connectivity index (χ3v) is 13.7. The Hall–Kier alpha value is -4.73. The van der Waals surface area contributed by atoms with Gasteiger partial charge in [-0.15, -0.1) is 0 Å². The minimum Gasteiger partial charge on any atom is -0.508 e. The molecule has 1 aliphatic rings. The fourth-order valence-corrected chi connectivity index (χ4v) is 10.7. The summed E-state index contributed by atoms with van der Waals surface area (Å²) in [7, 11) is -1.23. The van der Waals surface area contributed by atoms with E-state index in [2.05, 4.69) is 98.1 Å². The summed E-state index contributed by atoms with van der Waals surface area (Å²) >= 11 is 0. The summed E-state index contributed by atoms with van der Waals surface area (Å²) in [6.07, 6.45) is 10.4. The molecule has 1 aliphatic heterocycles. The van der Waals surface area contributed by atoms with E-state index in [4.69, 9.17) is 0 Å². The van der Waals surface area contributed by atoms with E-state index in [9.17, 15) is 10.2 Å². The van der Waals surface area contributed by atoms with Crippen molar-refractivity contribution in [3.8, 4) is 67.1 Å². The van der Waals surface area contributed by atoms with Crippen molar-refractivity contribution in [2.45, 2.75) is 55.2 Å². The first kappa shape index (κ1) is 31.8. The van der Waals surface area contributed by atoms with Crippen LogP contribution in [0.5, 0.6) is 11.5 Å². The molecule has 0 amide bonds. The molecule has 242 valence electrons. The van der Waals surface area contributed by atoms with E-state index >= 15 is 0 Å². The predicted octanol–water partition coefficient (Wildman–Crippen LogP) is 13.0. The van der Waals surface area contributed by atoms with Gasteiger partial charge in [-0.1, -0.05) is 136 Å². The lowest BCUT2D eigenvalue weighted by Crippen LogP contribution is -2.03. The molecule has 6 aromatic rings. The van der Waals surface area contributed by atoms with Crippen LogP contribution in [0, 0.1) is 0 Å². The molecular weight excluding hydrogens is 605 g/mol. The maximum atomic E-state index is 9.71. The lowest BCUT2D eigenvalue weighted by molar-refractivity contribution is 0.475. The quantitative estimate of drug-likeness (QED) is 0.137. The molecule has 0 saturated carbocycles. The normalized spacial score (nSPS) is 13.5. The van der Waals surface area contributed by atoms with Gasteiger partial charge in [-0.2, -0.15) is 10.0 Å². The molecule has 3 heteroatoms. The summed E-state index contributed by atoms with van der Waals surface area (Å²) in [5.41, 5.74) is 12.3. The topological polar surface area (TPSA) is 40.5 Å². The Labute approximate surface area is 287 Å². The van der Waals surface area contributed by atoms with Crippen LogP contribution in [-0.2, 0) is 0 Å². The zero-order valence-electron chi connectivity index (χ0n) is 28.0. The van der Waals surface area contributed by atoms with E-state index in [-0.39, 0.29) is 11.5 Å². The van der Waals surface area contributed by atoms with Crippen molar-refractivity contribution in [3.63, 3.8) is 0 Å². The number of rotatable bonds is 11. The molecule has 1 heterocycles. The van der Waals surface area contributed by atoms with Crippen LogP contribution in [0.1, 0.15) is 45.4 Å². The summed E-state index contributed by atoms with van der Waals surface area (Å²) < 4.78 is 0. The smallest absolute Gasteiger partial charge is 0.115 e. The van der Waals surface area contributed by atoms with Gasteiger partial charge in [0, 0.05) is 9.79 Å². The van der Waals surface area contributed by atoms with Crippen LogP contribution < -0.4 is 0 Å². The first-order valence-electron chi connectivity index (χ1n) is 17.3. The Kier molecular flexibility index (Phi) is 9.15. The Morgan fingerprint density at radius 2 is 0.708 bits per heavy atom. The average molecular weight is 649 g/mol. The molecule has 6 aromatic carbocycles. The molecule has 0 aliphatic carbocycles. The van der Waals surface area contributed by atoms with Gasteiger partial charge in [0.2, 0.25) is 0 Å². The highest BCUT2D eigenvalue weighted by molar-refractivity contribution is 8.33. The summed E-state index contributed by atoms with van der Waals surface area (Å²) in [5, 5.41) is 19.4. The summed E-state index contributed by atoms with van der Waals surface area (Å²) in [4.78, 5) is 3.04. The van der Waals surface area contributed by atoms with Crippen LogP contribution in [0.2, 0.25) is 0 Å². The largest absolute Gasteiger partial charge is 0.508 e. The molecular formula is C45H44O2S. The van der Waals surface area contributed by atoms with Gasteiger partial charge in [0.15, 0.2) is 0 Å². The molecule has 0 radical (unpaired) electrons. The Morgan fingerprint density at radius 1 is 0.396 bits per heavy atom. The first-order valence-corrected chi connectivity index (χ1v) is 19.5. The van der Waals surface area contributed by atoms with Crippen molar-refractivity contribution in [2.75, 3.05) is 12.0 Å². The maximum absolute atomic E-state index is 9.71. The molecule has 2 nitrogen and oxygen atoms in total. The van der Waals surface area contributed by atoms with Crippen LogP contribution >= 0.6 is 10.0 Å². The maximum Gasteiger partial charge on any atom is 0.115 e. The zero-order chi connectivity index (χ0) is 33.1. The van der Waals surface area contributed by atoms with Gasteiger partial charge >= 0.3 is 0 Å². The van der Waals surface area contributed by atoms with Gasteiger partial charge in [0.05, 0.1) is 0 Å². The number of unbranched alkanes of at least 4 members (excludes halogenated alkanes) is 5. The minimum atomic E-state index is -1.23. The molecule has 0 spiro atoms. The van der Waals surface area contributed by atoms with Crippen molar-refractivity contribution in [2.24, 2.45) is 0 Å². The summed E-state index contributed by atoms with van der Waals surface area (Å²) in [6, 6.07) is 46.8. The predicted molar refractivity (Wildman–Crippen MR) is 205 cm³/mol. The SMILES string of the molecule is CCCCCCCCS1(C)c2cc(-c3ccc(-c4ccc(O)cc4)cc3)ccc2-c2ccc(-c3ccc(-c4ccc(O)cc4)cc3)cc21. The highest BCUT2D eigenvalue weighted by atomic mass is 32.3. The van der Waals surface area contributed by atoms with Gasteiger partial charge in [-0.05, 0) is 110 Å². The van der Waals surface area contributed by atoms with Crippen molar-refractivity contribution < 1.29 is 10.2 Å². The van der Waals surface area contributed by atoms with E-state index in [0.717, 1.165) is 22.3 Å². The van der Waals surface area contributed by atoms with Crippen molar-refractivity contribution in [1.82, 2.24) is 0 Å². The van der Waals surface area contributed by atoms with Crippen LogP contribution in [0.25, 0.3) is 55.6 Å². The number of hydrogen-bond acceptors (Lipinski definition) is 2. The van der Waals surface area contributed by atoms with E-state index in [1.165, 1.54) is 87.4 Å². The fraction of sp³-hybridized carbons (Fsp3) is 0.200. The van der Waals surface area contributed by atoms with E-state index < -0.39 is 10.0 Å². The minimum absolute atomic E-state index is 0.289. The van der Waals surface area contributed by atoms with Gasteiger partial charge < -0.3 is 10.2 Å². The second kappa shape index (κ2) is 13.8. The number of hydrogen-bond donors (Lipinski definition) is 2. The molecule has 0 atom stereocenters. The molecule has 0 aromatic heterocycles. The van der Waals surface area contributed by atoms with Gasteiger partial charge in [0.1, 0.15) is 11.5 Å². The monoisotopic (exact) mass is 648 g/mol. The Morgan fingerprint density at radius 3 is 1.10 bits per heavy atom. The Bertz CT molecular complexity index is 1870. The van der Waals surface area contributed by atoms with Gasteiger partial charge in [0.25, 0.3) is 0 Å². The van der Waals surface area contributed by atoms with Gasteiger partial charge in [-0.25, -0.2) is 0 Å². The third kappa shape index (κ3) is 6.40. The number of benzene rings is 6. The van der Waals surface area contributed by atoms with E-state index in [1.54, 1.807) is 24.3 Å². The lowest BCUT2D eigenvalue weighted by Gasteiger charge is -2.34. The standard InChI is InChI=1S/C45H44O2S/c1-3-4-5-6-7-8-29-48(2)44-30-38(36-13-9-32(10-14-36)34-17-23-40(46)24-18-34)21-27-42(44)43-28-22-39(31-45(43)48)37-15-11-33(12-16-37)35-19-25-41(47)26-20-35/h9-28,30-31,46-47H,3-8,29H2,1-2H3. The van der Waals surface area contributed by atoms with Crippen LogP contribution in [0.3, 0.4) is 0 Å². The number of phenolic OH excluding ortho intramolecular Hbond substituents is 2. The molecule has 0 saturated heterocycles. The second-order valence-corrected chi connectivity index (χ2v) is 16.7. The second-order valence-electron chi connectivity index (χ2n) is 13.2. The molecule has 7 rings (SSSR count). The first-order chi connectivity index (χ1) is 23.4. The van der Waals surface area contributed by atoms with Crippen molar-refractivity contribution in [3.05, 3.63) is 133 Å². The lowest BCUT2D eigenvalue weighted by atomic mass is 9.96. The van der Waals surface area contributed by atoms with Gasteiger partial charge in [-0.3, -0.25) is 0 Å². The highest BCUT2D eigenvalue weighted by Gasteiger charge is 2.35. The van der Waals surface area contributed by atoms with Crippen molar-refractivity contribution in [1.29, 1.82) is 0 Å². The van der Waals surface area contributed by atoms with E-state index in [0.29, 0.717) is 0 Å². The number of aromatic hydroxyl groups is 2. The van der Waals surface area contributed by atoms with Crippen LogP contribution in [0.4, 0.5) is 0 Å². The third-order valence-electron chi connectivity index (χ3n) is 9.97. The van der Waals surface area contributed by atoms with Crippen LogP contribution in [-0.4, -0.2) is 22.2 Å². The average Bonchev–Trinajstić information content (AvgIpc) is 3.37. The zero-order valence-corrected chi connectivity index (χ0v) is 28.8. The molecule has 0 bridgehead atoms. The van der Waals surface area contributed by atoms with Crippen molar-refractivity contribution >= 4 is 10.0 Å². The number of phenols is 2. The molecule has 0 unspecified atom stereocenters.